The van der Waals surface area contributed by atoms with Gasteiger partial charge in [0.25, 0.3) is 0 Å². The number of aliphatic hydroxyl groups is 2. The number of rotatable bonds is 3. The molecule has 0 bridgehead atoms. The molecule has 2 aliphatic rings. The Morgan fingerprint density at radius 1 is 0.839 bits per heavy atom. The molecule has 4 nitrogen and oxygen atoms in total. The van der Waals surface area contributed by atoms with Crippen LogP contribution >= 0.6 is 31.9 Å². The molecule has 0 amide bonds. The minimum absolute atomic E-state index is 0.197. The molecule has 6 heteroatoms. The maximum atomic E-state index is 10.2. The first-order valence-electron chi connectivity index (χ1n) is 11.2. The summed E-state index contributed by atoms with van der Waals surface area (Å²) in [7, 11) is 0. The average molecular weight is 554 g/mol. The topological polar surface area (TPSA) is 55.7 Å². The molecule has 2 aliphatic heterocycles. The number of nitrogens with one attached hydrogen (secondary N) is 1. The molecule has 170 valence electrons. The Balaban J connectivity index is 0.000000179. The molecular weight excluding hydrogens is 520 g/mol. The van der Waals surface area contributed by atoms with Gasteiger partial charge in [-0.3, -0.25) is 0 Å². The number of halogens is 2. The van der Waals surface area contributed by atoms with Crippen molar-refractivity contribution in [2.45, 2.75) is 56.8 Å². The third-order valence-electron chi connectivity index (χ3n) is 6.38. The number of piperidine rings is 2. The van der Waals surface area contributed by atoms with Crippen molar-refractivity contribution < 1.29 is 10.2 Å². The summed E-state index contributed by atoms with van der Waals surface area (Å²) in [5.41, 5.74) is 2.46. The normalized spacial score (nSPS) is 26.9. The van der Waals surface area contributed by atoms with E-state index in [4.69, 9.17) is 0 Å². The van der Waals surface area contributed by atoms with Crippen molar-refractivity contribution in [1.82, 2.24) is 10.2 Å². The van der Waals surface area contributed by atoms with Gasteiger partial charge in [-0.15, -0.1) is 0 Å². The Kier molecular flexibility index (Phi) is 9.56. The highest BCUT2D eigenvalue weighted by Crippen LogP contribution is 2.29. The van der Waals surface area contributed by atoms with Crippen LogP contribution in [0.3, 0.4) is 0 Å². The first kappa shape index (κ1) is 24.9. The lowest BCUT2D eigenvalue weighted by Gasteiger charge is -2.38. The number of nitrogens with zero attached hydrogens (tertiary/aromatic N) is 1. The third kappa shape index (κ3) is 7.11. The van der Waals surface area contributed by atoms with Crippen molar-refractivity contribution in [3.8, 4) is 0 Å². The lowest BCUT2D eigenvalue weighted by Crippen LogP contribution is -2.44. The summed E-state index contributed by atoms with van der Waals surface area (Å²) in [5.74, 6) is 0.496. The zero-order valence-electron chi connectivity index (χ0n) is 18.3. The van der Waals surface area contributed by atoms with Crippen molar-refractivity contribution in [2.75, 3.05) is 26.2 Å². The molecule has 0 unspecified atom stereocenters. The summed E-state index contributed by atoms with van der Waals surface area (Å²) in [6.45, 7) is 8.20. The van der Waals surface area contributed by atoms with Crippen LogP contribution in [0.4, 0.5) is 0 Å². The molecule has 31 heavy (non-hydrogen) atoms. The van der Waals surface area contributed by atoms with Crippen LogP contribution in [0, 0.1) is 0 Å². The van der Waals surface area contributed by atoms with E-state index < -0.39 is 0 Å². The van der Waals surface area contributed by atoms with Crippen LogP contribution < -0.4 is 5.32 Å². The molecule has 0 aromatic heterocycles. The molecule has 0 radical (unpaired) electrons. The predicted molar refractivity (Wildman–Crippen MR) is 135 cm³/mol. The van der Waals surface area contributed by atoms with Gasteiger partial charge in [0.1, 0.15) is 0 Å². The smallest absolute Gasteiger partial charge is 0.0633 e. The lowest BCUT2D eigenvalue weighted by atomic mass is 9.87. The molecule has 0 aliphatic carbocycles. The van der Waals surface area contributed by atoms with E-state index in [2.05, 4.69) is 92.3 Å². The molecule has 4 atom stereocenters. The summed E-state index contributed by atoms with van der Waals surface area (Å²) < 4.78 is 2.17. The van der Waals surface area contributed by atoms with Crippen molar-refractivity contribution >= 4 is 31.9 Å². The van der Waals surface area contributed by atoms with Crippen LogP contribution in [0.1, 0.15) is 49.7 Å². The number of likely N-dealkylation sites (tertiary alicyclic amines) is 1. The van der Waals surface area contributed by atoms with E-state index in [9.17, 15) is 10.2 Å². The van der Waals surface area contributed by atoms with E-state index in [0.29, 0.717) is 6.04 Å². The zero-order chi connectivity index (χ0) is 22.4. The van der Waals surface area contributed by atoms with Crippen LogP contribution in [0.25, 0.3) is 0 Å². The molecule has 2 fully saturated rings. The fraction of sp³-hybridized carbons (Fsp3) is 0.520. The Morgan fingerprint density at radius 3 is 1.87 bits per heavy atom. The minimum Gasteiger partial charge on any atom is -0.392 e. The van der Waals surface area contributed by atoms with E-state index in [1.165, 1.54) is 11.1 Å². The van der Waals surface area contributed by atoms with Crippen LogP contribution in [-0.4, -0.2) is 59.5 Å². The summed E-state index contributed by atoms with van der Waals surface area (Å²) in [4.78, 5) is 2.44. The summed E-state index contributed by atoms with van der Waals surface area (Å²) in [6.07, 6.45) is 1.32. The molecule has 3 N–H and O–H groups in total. The first-order chi connectivity index (χ1) is 14.8. The third-order valence-corrected chi connectivity index (χ3v) is 7.44. The average Bonchev–Trinajstić information content (AvgIpc) is 2.76. The molecule has 0 saturated carbocycles. The monoisotopic (exact) mass is 552 g/mol. The van der Waals surface area contributed by atoms with Gasteiger partial charge in [-0.25, -0.2) is 0 Å². The fourth-order valence-corrected chi connectivity index (χ4v) is 4.89. The largest absolute Gasteiger partial charge is 0.392 e. The molecular formula is C25H34Br2N2O2. The van der Waals surface area contributed by atoms with Crippen LogP contribution in [0.2, 0.25) is 0 Å². The number of aliphatic hydroxyl groups excluding tert-OH is 2. The number of hydrogen-bond acceptors (Lipinski definition) is 4. The van der Waals surface area contributed by atoms with Crippen molar-refractivity contribution in [3.05, 3.63) is 68.6 Å². The Morgan fingerprint density at radius 2 is 1.35 bits per heavy atom. The Hall–Kier alpha value is -0.760. The Labute approximate surface area is 203 Å². The van der Waals surface area contributed by atoms with Gasteiger partial charge < -0.3 is 20.4 Å². The molecule has 2 heterocycles. The van der Waals surface area contributed by atoms with Gasteiger partial charge in [-0.1, -0.05) is 56.1 Å². The second-order valence-electron chi connectivity index (χ2n) is 8.82. The number of benzene rings is 2. The summed E-state index contributed by atoms with van der Waals surface area (Å²) in [6, 6.07) is 17.1. The van der Waals surface area contributed by atoms with Gasteiger partial charge in [0.05, 0.1) is 12.2 Å². The predicted octanol–water partition coefficient (Wildman–Crippen LogP) is 4.89. The highest BCUT2D eigenvalue weighted by molar-refractivity contribution is 9.10. The summed E-state index contributed by atoms with van der Waals surface area (Å²) in [5, 5.41) is 23.3. The van der Waals surface area contributed by atoms with Gasteiger partial charge in [0.15, 0.2) is 0 Å². The van der Waals surface area contributed by atoms with Crippen LogP contribution in [0.5, 0.6) is 0 Å². The number of hydrogen-bond donors (Lipinski definition) is 3. The molecule has 0 spiro atoms. The van der Waals surface area contributed by atoms with Crippen molar-refractivity contribution in [2.24, 2.45) is 0 Å². The standard InChI is InChI=1S/C14H20BrNO.C11H14BrNO/c1-10(2)16-8-7-14(17)13(9-16)11-3-5-12(15)6-4-11;12-9-3-1-8(2-4-9)10-7-13-6-5-11(10)14/h3-6,10,13-14,17H,7-9H2,1-2H3;1-4,10-11,13-14H,5-7H2/t13-,14+;10-,11+/m11/s1. The maximum absolute atomic E-state index is 10.2. The van der Waals surface area contributed by atoms with E-state index in [0.717, 1.165) is 48.0 Å². The lowest BCUT2D eigenvalue weighted by molar-refractivity contribution is 0.0471. The van der Waals surface area contributed by atoms with Crippen molar-refractivity contribution in [3.63, 3.8) is 0 Å². The van der Waals surface area contributed by atoms with Crippen molar-refractivity contribution in [1.29, 1.82) is 0 Å². The summed E-state index contributed by atoms with van der Waals surface area (Å²) >= 11 is 6.85. The second kappa shape index (κ2) is 11.9. The van der Waals surface area contributed by atoms with Gasteiger partial charge in [-0.05, 0) is 68.6 Å². The minimum atomic E-state index is -0.203. The quantitative estimate of drug-likeness (QED) is 0.506. The highest BCUT2D eigenvalue weighted by atomic mass is 79.9. The molecule has 2 aromatic rings. The first-order valence-corrected chi connectivity index (χ1v) is 12.8. The van der Waals surface area contributed by atoms with E-state index in [1.54, 1.807) is 0 Å². The maximum Gasteiger partial charge on any atom is 0.0633 e. The van der Waals surface area contributed by atoms with Gasteiger partial charge in [0, 0.05) is 46.5 Å². The highest BCUT2D eigenvalue weighted by Gasteiger charge is 2.29. The molecule has 2 aromatic carbocycles. The second-order valence-corrected chi connectivity index (χ2v) is 10.7. The van der Waals surface area contributed by atoms with Gasteiger partial charge in [0.2, 0.25) is 0 Å². The molecule has 4 rings (SSSR count). The van der Waals surface area contributed by atoms with Gasteiger partial charge in [-0.2, -0.15) is 0 Å². The van der Waals surface area contributed by atoms with Crippen LogP contribution in [0.15, 0.2) is 57.5 Å². The SMILES string of the molecule is CC(C)N1CC[C@H](O)[C@@H](c2ccc(Br)cc2)C1.O[C@H]1CCNC[C@@H]1c1ccc(Br)cc1. The van der Waals surface area contributed by atoms with E-state index >= 15 is 0 Å². The van der Waals surface area contributed by atoms with Crippen LogP contribution in [-0.2, 0) is 0 Å². The van der Waals surface area contributed by atoms with E-state index in [-0.39, 0.29) is 24.0 Å². The molecule has 2 saturated heterocycles. The zero-order valence-corrected chi connectivity index (χ0v) is 21.5. The Bertz CT molecular complexity index is 798. The van der Waals surface area contributed by atoms with Gasteiger partial charge >= 0.3 is 0 Å². The van der Waals surface area contributed by atoms with E-state index in [1.807, 2.05) is 12.1 Å². The fourth-order valence-electron chi connectivity index (χ4n) is 4.37.